The van der Waals surface area contributed by atoms with Gasteiger partial charge in [-0.25, -0.2) is 4.79 Å². The van der Waals surface area contributed by atoms with Crippen LogP contribution >= 0.6 is 0 Å². The van der Waals surface area contributed by atoms with E-state index in [4.69, 9.17) is 14.8 Å². The molecule has 9 nitrogen and oxygen atoms in total. The molecule has 12 heteroatoms. The number of aliphatic carboxylic acids is 2. The average Bonchev–Trinajstić information content (AvgIpc) is 1.98. The van der Waals surface area contributed by atoms with Crippen LogP contribution in [0.5, 0.6) is 0 Å². The summed E-state index contributed by atoms with van der Waals surface area (Å²) in [6.45, 7) is 0. The molecule has 0 aliphatic heterocycles. The average molecular weight is 304 g/mol. The predicted molar refractivity (Wildman–Crippen MR) is 48.5 cm³/mol. The van der Waals surface area contributed by atoms with Gasteiger partial charge in [0.15, 0.2) is 5.60 Å². The molecule has 0 amide bonds. The van der Waals surface area contributed by atoms with E-state index in [1.165, 1.54) is 0 Å². The Hall–Kier alpha value is 0.480. The van der Waals surface area contributed by atoms with Gasteiger partial charge in [0, 0.05) is 0 Å². The molecule has 0 radical (unpaired) electrons. The summed E-state index contributed by atoms with van der Waals surface area (Å²) in [6.07, 6.45) is -2.49. The summed E-state index contributed by atoms with van der Waals surface area (Å²) in [5, 5.41) is 26.1. The van der Waals surface area contributed by atoms with Gasteiger partial charge in [0.1, 0.15) is 0 Å². The monoisotopic (exact) mass is 304 g/mol. The van der Waals surface area contributed by atoms with E-state index >= 15 is 0 Å². The molecular weight excluding hydrogens is 294 g/mol. The van der Waals surface area contributed by atoms with E-state index in [-0.39, 0.29) is 62.0 Å². The molecule has 2 atom stereocenters. The van der Waals surface area contributed by atoms with Gasteiger partial charge < -0.3 is 22.4 Å². The largest absolute Gasteiger partial charge is 1.00 e. The van der Waals surface area contributed by atoms with E-state index in [0.717, 1.165) is 0 Å². The van der Waals surface area contributed by atoms with Crippen LogP contribution in [0.2, 0.25) is 0 Å². The molecule has 4 N–H and O–H groups in total. The van der Waals surface area contributed by atoms with Gasteiger partial charge in [-0.2, -0.15) is 4.21 Å². The minimum absolute atomic E-state index is 0. The first kappa shape index (κ1) is 23.6. The molecule has 0 saturated heterocycles. The smallest absolute Gasteiger partial charge is 1.00 e. The predicted octanol–water partition coefficient (Wildman–Crippen LogP) is -7.42. The van der Waals surface area contributed by atoms with Gasteiger partial charge in [-0.15, -0.1) is 0 Å². The Morgan fingerprint density at radius 1 is 1.17 bits per heavy atom. The van der Waals surface area contributed by atoms with Gasteiger partial charge in [0.2, 0.25) is 0 Å². The molecule has 0 aromatic heterocycles. The first-order valence-corrected chi connectivity index (χ1v) is 4.70. The second kappa shape index (κ2) is 10.3. The van der Waals surface area contributed by atoms with Gasteiger partial charge in [-0.3, -0.25) is 14.1 Å². The van der Waals surface area contributed by atoms with Crippen molar-refractivity contribution in [1.82, 2.24) is 0 Å². The number of rotatable bonds is 6. The van der Waals surface area contributed by atoms with Crippen LogP contribution in [0.3, 0.4) is 0 Å². The Balaban J connectivity index is -0.000000187. The molecule has 0 aliphatic rings. The SMILES string of the molecule is O=C(O)CC(O)(CC(=O)OS(=O)O)C(=O)O.[H-].[H-].[Na+].[Na+]. The van der Waals surface area contributed by atoms with Crippen LogP contribution in [-0.4, -0.2) is 47.6 Å². The molecule has 0 bridgehead atoms. The third-order valence-corrected chi connectivity index (χ3v) is 1.77. The Labute approximate surface area is 151 Å². The molecule has 0 heterocycles. The number of aliphatic hydroxyl groups is 1. The topological polar surface area (TPSA) is 158 Å². The molecule has 0 fully saturated rings. The maximum atomic E-state index is 10.8. The van der Waals surface area contributed by atoms with Crippen molar-refractivity contribution in [2.24, 2.45) is 0 Å². The number of carboxylic acid groups (broad SMARTS) is 2. The van der Waals surface area contributed by atoms with E-state index < -0.39 is 47.7 Å². The van der Waals surface area contributed by atoms with Crippen LogP contribution < -0.4 is 59.1 Å². The summed E-state index contributed by atoms with van der Waals surface area (Å²) in [7, 11) is 0. The van der Waals surface area contributed by atoms with Crippen LogP contribution in [0.25, 0.3) is 0 Å². The first-order chi connectivity index (χ1) is 7.17. The summed E-state index contributed by atoms with van der Waals surface area (Å²) in [6, 6.07) is 0. The minimum Gasteiger partial charge on any atom is -1.00 e. The molecule has 0 aromatic rings. The van der Waals surface area contributed by atoms with E-state index in [0.29, 0.717) is 0 Å². The van der Waals surface area contributed by atoms with Crippen LogP contribution in [0, 0.1) is 0 Å². The van der Waals surface area contributed by atoms with Gasteiger partial charge in [-0.1, -0.05) is 0 Å². The Morgan fingerprint density at radius 2 is 1.61 bits per heavy atom. The second-order valence-corrected chi connectivity index (χ2v) is 3.36. The molecular formula is C6H10Na2O9S. The first-order valence-electron chi connectivity index (χ1n) is 3.67. The fourth-order valence-corrected chi connectivity index (χ4v) is 1.03. The van der Waals surface area contributed by atoms with Crippen molar-refractivity contribution in [1.29, 1.82) is 0 Å². The fraction of sp³-hybridized carbons (Fsp3) is 0.500. The Morgan fingerprint density at radius 3 is 1.89 bits per heavy atom. The molecule has 2 unspecified atom stereocenters. The van der Waals surface area contributed by atoms with Crippen molar-refractivity contribution in [2.45, 2.75) is 18.4 Å². The van der Waals surface area contributed by atoms with Crippen molar-refractivity contribution in [3.63, 3.8) is 0 Å². The maximum Gasteiger partial charge on any atom is 1.00 e. The summed E-state index contributed by atoms with van der Waals surface area (Å²) in [5.74, 6) is -5.11. The zero-order valence-electron chi connectivity index (χ0n) is 11.7. The van der Waals surface area contributed by atoms with Crippen molar-refractivity contribution in [3.05, 3.63) is 0 Å². The summed E-state index contributed by atoms with van der Waals surface area (Å²) in [4.78, 5) is 31.5. The summed E-state index contributed by atoms with van der Waals surface area (Å²) < 4.78 is 21.8. The van der Waals surface area contributed by atoms with Crippen LogP contribution in [0.1, 0.15) is 15.7 Å². The molecule has 0 aromatic carbocycles. The van der Waals surface area contributed by atoms with Crippen molar-refractivity contribution in [2.75, 3.05) is 0 Å². The van der Waals surface area contributed by atoms with Crippen molar-refractivity contribution >= 4 is 29.3 Å². The molecule has 96 valence electrons. The maximum absolute atomic E-state index is 10.8. The second-order valence-electron chi connectivity index (χ2n) is 2.76. The third-order valence-electron chi connectivity index (χ3n) is 1.44. The number of carbonyl (C=O) groups excluding carboxylic acids is 1. The van der Waals surface area contributed by atoms with Gasteiger partial charge in [-0.05, 0) is 0 Å². The quantitative estimate of drug-likeness (QED) is 0.276. The molecule has 0 spiro atoms. The third kappa shape index (κ3) is 9.42. The Kier molecular flexibility index (Phi) is 13.5. The van der Waals surface area contributed by atoms with Gasteiger partial charge in [0.05, 0.1) is 12.8 Å². The Bertz CT molecular complexity index is 355. The normalized spacial score (nSPS) is 14.1. The van der Waals surface area contributed by atoms with Crippen molar-refractivity contribution in [3.8, 4) is 0 Å². The molecule has 0 saturated carbocycles. The fourth-order valence-electron chi connectivity index (χ4n) is 0.812. The van der Waals surface area contributed by atoms with E-state index in [1.54, 1.807) is 0 Å². The van der Waals surface area contributed by atoms with Gasteiger partial charge in [0.25, 0.3) is 0 Å². The number of hydrogen-bond acceptors (Lipinski definition) is 6. The number of carboxylic acids is 2. The number of carbonyl (C=O) groups is 3. The van der Waals surface area contributed by atoms with E-state index in [9.17, 15) is 23.7 Å². The molecule has 0 rings (SSSR count). The summed E-state index contributed by atoms with van der Waals surface area (Å²) >= 11 is -2.96. The minimum atomic E-state index is -2.96. The van der Waals surface area contributed by atoms with Crippen LogP contribution in [0.15, 0.2) is 0 Å². The summed E-state index contributed by atoms with van der Waals surface area (Å²) in [5.41, 5.74) is -2.87. The van der Waals surface area contributed by atoms with E-state index in [1.807, 2.05) is 0 Å². The molecule has 18 heavy (non-hydrogen) atoms. The zero-order valence-corrected chi connectivity index (χ0v) is 14.5. The van der Waals surface area contributed by atoms with Gasteiger partial charge >= 0.3 is 88.4 Å². The van der Waals surface area contributed by atoms with Crippen molar-refractivity contribution < 1.29 is 105 Å². The van der Waals surface area contributed by atoms with E-state index in [2.05, 4.69) is 4.18 Å². The standard InChI is InChI=1S/C6H8O9S.2Na.2H/c7-3(8)1-6(12,5(10)11)2-4(9)15-16(13)14;;;;/h12H,1-2H2,(H,7,8)(H,10,11)(H,13,14);;;;/q;2*+1;2*-1. The van der Waals surface area contributed by atoms with Crippen LogP contribution in [0.4, 0.5) is 0 Å². The van der Waals surface area contributed by atoms with Crippen LogP contribution in [-0.2, 0) is 29.9 Å². The zero-order chi connectivity index (χ0) is 12.9. The molecule has 0 aliphatic carbocycles. The number of hydrogen-bond donors (Lipinski definition) is 4.